The largest absolute Gasteiger partial charge is 0.469 e. The van der Waals surface area contributed by atoms with Crippen LogP contribution in [0.4, 0.5) is 5.69 Å². The van der Waals surface area contributed by atoms with Gasteiger partial charge in [-0.3, -0.25) is 29.6 Å². The number of rotatable bonds is 7. The topological polar surface area (TPSA) is 147 Å². The number of benzene rings is 1. The lowest BCUT2D eigenvalue weighted by Gasteiger charge is -2.25. The van der Waals surface area contributed by atoms with Gasteiger partial charge in [-0.05, 0) is 25.1 Å². The molecule has 1 aromatic carbocycles. The molecule has 11 heteroatoms. The molecule has 0 bridgehead atoms. The number of amides is 1. The number of pyridine rings is 1. The predicted molar refractivity (Wildman–Crippen MR) is 94.0 cm³/mol. The maximum absolute atomic E-state index is 12.4. The molecule has 0 aliphatic rings. The van der Waals surface area contributed by atoms with Gasteiger partial charge in [-0.2, -0.15) is 0 Å². The van der Waals surface area contributed by atoms with Crippen molar-refractivity contribution in [3.63, 3.8) is 0 Å². The first-order valence-electron chi connectivity index (χ1n) is 7.94. The van der Waals surface area contributed by atoms with E-state index in [4.69, 9.17) is 9.78 Å². The van der Waals surface area contributed by atoms with E-state index in [1.54, 1.807) is 0 Å². The third-order valence-electron chi connectivity index (χ3n) is 3.74. The highest BCUT2D eigenvalue weighted by Gasteiger charge is 2.40. The van der Waals surface area contributed by atoms with Gasteiger partial charge < -0.3 is 10.1 Å². The fourth-order valence-electron chi connectivity index (χ4n) is 2.45. The Morgan fingerprint density at radius 2 is 2.00 bits per heavy atom. The monoisotopic (exact) mass is 391 g/mol. The van der Waals surface area contributed by atoms with E-state index in [0.29, 0.717) is 0 Å². The van der Waals surface area contributed by atoms with Crippen molar-refractivity contribution in [1.29, 1.82) is 0 Å². The summed E-state index contributed by atoms with van der Waals surface area (Å²) in [6.45, 7) is 2.43. The summed E-state index contributed by atoms with van der Waals surface area (Å²) in [7, 11) is 1.13. The summed E-state index contributed by atoms with van der Waals surface area (Å²) in [5, 5.41) is 13.6. The van der Waals surface area contributed by atoms with E-state index >= 15 is 0 Å². The molecule has 148 valence electrons. The van der Waals surface area contributed by atoms with Gasteiger partial charge in [0.25, 0.3) is 5.69 Å². The van der Waals surface area contributed by atoms with Gasteiger partial charge in [0.15, 0.2) is 0 Å². The highest BCUT2D eigenvalue weighted by molar-refractivity contribution is 5.93. The molecule has 11 nitrogen and oxygen atoms in total. The predicted octanol–water partition coefficient (Wildman–Crippen LogP) is 1.44. The van der Waals surface area contributed by atoms with Crippen LogP contribution in [-0.2, 0) is 24.0 Å². The van der Waals surface area contributed by atoms with Crippen molar-refractivity contribution in [3.8, 4) is 5.75 Å². The number of hydrogen-bond acceptors (Lipinski definition) is 9. The summed E-state index contributed by atoms with van der Waals surface area (Å²) < 4.78 is 4.52. The van der Waals surface area contributed by atoms with Crippen LogP contribution in [-0.4, -0.2) is 40.4 Å². The highest BCUT2D eigenvalue weighted by atomic mass is 17.2. The zero-order valence-corrected chi connectivity index (χ0v) is 15.3. The van der Waals surface area contributed by atoms with E-state index in [9.17, 15) is 24.5 Å². The van der Waals surface area contributed by atoms with Crippen LogP contribution in [0.3, 0.4) is 0 Å². The van der Waals surface area contributed by atoms with Crippen molar-refractivity contribution < 1.29 is 33.8 Å². The number of carbonyl (C=O) groups excluding carboxylic acids is 3. The van der Waals surface area contributed by atoms with Crippen molar-refractivity contribution in [2.75, 3.05) is 7.11 Å². The molecule has 2 rings (SSSR count). The van der Waals surface area contributed by atoms with Crippen LogP contribution in [0.25, 0.3) is 10.9 Å². The smallest absolute Gasteiger partial charge is 0.380 e. The second kappa shape index (κ2) is 8.29. The van der Waals surface area contributed by atoms with Crippen LogP contribution in [0.2, 0.25) is 0 Å². The number of hydrogen-bond donors (Lipinski definition) is 1. The number of nitro groups is 1. The van der Waals surface area contributed by atoms with E-state index in [1.165, 1.54) is 37.4 Å². The highest BCUT2D eigenvalue weighted by Crippen LogP contribution is 2.31. The number of methoxy groups -OCH3 is 1. The number of non-ortho nitro benzene ring substituents is 1. The Labute approximate surface area is 158 Å². The minimum absolute atomic E-state index is 0.0576. The third kappa shape index (κ3) is 4.50. The van der Waals surface area contributed by atoms with Crippen molar-refractivity contribution in [2.45, 2.75) is 25.8 Å². The fraction of sp³-hybridized carbons (Fsp3) is 0.294. The number of nitrogens with one attached hydrogen (secondary N) is 1. The molecule has 1 atom stereocenters. The first-order chi connectivity index (χ1) is 13.2. The molecule has 0 fully saturated rings. The summed E-state index contributed by atoms with van der Waals surface area (Å²) in [6, 6.07) is 5.37. The lowest BCUT2D eigenvalue weighted by molar-refractivity contribution is -0.383. The summed E-state index contributed by atoms with van der Waals surface area (Å²) in [4.78, 5) is 59.8. The number of esters is 1. The SMILES string of the molecule is COC(=O)CC(C)(NC(C)=O)C(=O)OOc1ccc([N+](=O)[O-])c2cccnc12. The number of nitrogens with zero attached hydrogens (tertiary/aromatic N) is 2. The number of aromatic nitrogens is 1. The fourth-order valence-corrected chi connectivity index (χ4v) is 2.45. The Morgan fingerprint density at radius 1 is 1.29 bits per heavy atom. The minimum Gasteiger partial charge on any atom is -0.469 e. The Balaban J connectivity index is 2.27. The van der Waals surface area contributed by atoms with Gasteiger partial charge in [-0.25, -0.2) is 9.68 Å². The lowest BCUT2D eigenvalue weighted by atomic mass is 9.98. The Morgan fingerprint density at radius 3 is 2.61 bits per heavy atom. The molecular formula is C17H17N3O8. The summed E-state index contributed by atoms with van der Waals surface area (Å²) in [5.41, 5.74) is -1.85. The van der Waals surface area contributed by atoms with Crippen molar-refractivity contribution in [2.24, 2.45) is 0 Å². The van der Waals surface area contributed by atoms with Crippen LogP contribution >= 0.6 is 0 Å². The first-order valence-corrected chi connectivity index (χ1v) is 7.94. The number of ether oxygens (including phenoxy) is 1. The zero-order valence-electron chi connectivity index (χ0n) is 15.3. The molecule has 0 saturated carbocycles. The standard InChI is InChI=1S/C17H17N3O8/c1-10(21)19-17(2,9-14(22)26-3)16(23)28-27-13-7-6-12(20(24)25)11-5-4-8-18-15(11)13/h4-8H,9H2,1-3H3,(H,19,21). The second-order valence-electron chi connectivity index (χ2n) is 5.96. The van der Waals surface area contributed by atoms with Crippen LogP contribution in [0.5, 0.6) is 5.75 Å². The van der Waals surface area contributed by atoms with Gasteiger partial charge in [0, 0.05) is 19.2 Å². The molecule has 1 aromatic heterocycles. The molecule has 0 aliphatic carbocycles. The molecule has 2 aromatic rings. The van der Waals surface area contributed by atoms with Gasteiger partial charge in [-0.15, -0.1) is 0 Å². The summed E-state index contributed by atoms with van der Waals surface area (Å²) in [5.74, 6) is -2.46. The third-order valence-corrected chi connectivity index (χ3v) is 3.74. The van der Waals surface area contributed by atoms with Gasteiger partial charge in [0.2, 0.25) is 11.7 Å². The van der Waals surface area contributed by atoms with E-state index in [1.807, 2.05) is 0 Å². The van der Waals surface area contributed by atoms with Gasteiger partial charge >= 0.3 is 11.9 Å². The van der Waals surface area contributed by atoms with Crippen LogP contribution < -0.4 is 10.2 Å². The molecule has 0 aliphatic heterocycles. The molecule has 0 saturated heterocycles. The molecule has 28 heavy (non-hydrogen) atoms. The van der Waals surface area contributed by atoms with Crippen LogP contribution in [0.15, 0.2) is 30.5 Å². The lowest BCUT2D eigenvalue weighted by Crippen LogP contribution is -2.54. The summed E-state index contributed by atoms with van der Waals surface area (Å²) in [6.07, 6.45) is 0.893. The van der Waals surface area contributed by atoms with E-state index < -0.39 is 34.7 Å². The van der Waals surface area contributed by atoms with Gasteiger partial charge in [0.1, 0.15) is 11.1 Å². The number of nitro benzene ring substituents is 1. The molecule has 1 N–H and O–H groups in total. The number of fused-ring (bicyclic) bond motifs is 1. The van der Waals surface area contributed by atoms with Gasteiger partial charge in [-0.1, -0.05) is 0 Å². The Bertz CT molecular complexity index is 945. The van der Waals surface area contributed by atoms with Gasteiger partial charge in [0.05, 0.1) is 23.8 Å². The van der Waals surface area contributed by atoms with Crippen LogP contribution in [0, 0.1) is 10.1 Å². The van der Waals surface area contributed by atoms with Crippen LogP contribution in [0.1, 0.15) is 20.3 Å². The summed E-state index contributed by atoms with van der Waals surface area (Å²) >= 11 is 0. The minimum atomic E-state index is -1.75. The van der Waals surface area contributed by atoms with Crippen molar-refractivity contribution in [3.05, 3.63) is 40.6 Å². The zero-order chi connectivity index (χ0) is 20.9. The first kappa shape index (κ1) is 20.6. The quantitative estimate of drug-likeness (QED) is 0.320. The van der Waals surface area contributed by atoms with E-state index in [-0.39, 0.29) is 22.3 Å². The molecule has 0 radical (unpaired) electrons. The molecule has 1 unspecified atom stereocenters. The molecule has 1 heterocycles. The molecule has 0 spiro atoms. The average molecular weight is 391 g/mol. The maximum atomic E-state index is 12.4. The maximum Gasteiger partial charge on any atom is 0.380 e. The van der Waals surface area contributed by atoms with Crippen molar-refractivity contribution >= 4 is 34.4 Å². The van der Waals surface area contributed by atoms with Crippen molar-refractivity contribution in [1.82, 2.24) is 10.3 Å². The molecule has 1 amide bonds. The Kier molecular flexibility index (Phi) is 6.08. The molecular weight excluding hydrogens is 374 g/mol. The van der Waals surface area contributed by atoms with E-state index in [0.717, 1.165) is 14.0 Å². The normalized spacial score (nSPS) is 12.5. The number of carbonyl (C=O) groups is 3. The Hall–Kier alpha value is -3.76. The van der Waals surface area contributed by atoms with E-state index in [2.05, 4.69) is 15.0 Å². The average Bonchev–Trinajstić information content (AvgIpc) is 2.64. The second-order valence-corrected chi connectivity index (χ2v) is 5.96.